The third kappa shape index (κ3) is 5.90. The zero-order valence-corrected chi connectivity index (χ0v) is 9.61. The summed E-state index contributed by atoms with van der Waals surface area (Å²) < 4.78 is 0. The third-order valence-electron chi connectivity index (χ3n) is 2.13. The van der Waals surface area contributed by atoms with Crippen molar-refractivity contribution in [2.45, 2.75) is 51.8 Å². The molecule has 0 spiro atoms. The van der Waals surface area contributed by atoms with Gasteiger partial charge in [0.25, 0.3) is 0 Å². The number of hydrogen-bond donors (Lipinski definition) is 1. The van der Waals surface area contributed by atoms with Crippen LogP contribution in [0.3, 0.4) is 0 Å². The number of thiol groups is 1. The van der Waals surface area contributed by atoms with Crippen LogP contribution in [0.4, 0.5) is 0 Å². The number of hydrogen-bond acceptors (Lipinski definition) is 2. The molecule has 1 atom stereocenters. The van der Waals surface area contributed by atoms with Gasteiger partial charge in [0.2, 0.25) is 0 Å². The highest BCUT2D eigenvalue weighted by atomic mass is 32.1. The predicted molar refractivity (Wildman–Crippen MR) is 59.8 cm³/mol. The molecule has 2 heteroatoms. The van der Waals surface area contributed by atoms with Gasteiger partial charge in [0.05, 0.1) is 0 Å². The van der Waals surface area contributed by atoms with Gasteiger partial charge in [-0.3, -0.25) is 4.90 Å². The van der Waals surface area contributed by atoms with Crippen molar-refractivity contribution in [1.82, 2.24) is 4.90 Å². The molecule has 0 bridgehead atoms. The standard InChI is InChI=1S/C10H23NS/c1-4-6-8-11(10(3)12)9-7-5-2/h10,12H,4-9H2,1-3H3. The monoisotopic (exact) mass is 189 g/mol. The van der Waals surface area contributed by atoms with Crippen LogP contribution in [0.15, 0.2) is 0 Å². The minimum atomic E-state index is 0.420. The van der Waals surface area contributed by atoms with Gasteiger partial charge in [-0.05, 0) is 32.9 Å². The summed E-state index contributed by atoms with van der Waals surface area (Å²) >= 11 is 4.46. The summed E-state index contributed by atoms with van der Waals surface area (Å²) in [6.07, 6.45) is 5.16. The normalized spacial score (nSPS) is 13.8. The quantitative estimate of drug-likeness (QED) is 0.475. The molecule has 0 rings (SSSR count). The molecule has 0 aromatic carbocycles. The first kappa shape index (κ1) is 12.3. The van der Waals surface area contributed by atoms with Gasteiger partial charge >= 0.3 is 0 Å². The fourth-order valence-corrected chi connectivity index (χ4v) is 1.44. The van der Waals surface area contributed by atoms with Crippen molar-refractivity contribution in [2.24, 2.45) is 0 Å². The fraction of sp³-hybridized carbons (Fsp3) is 1.00. The maximum Gasteiger partial charge on any atom is 0.0499 e. The lowest BCUT2D eigenvalue weighted by Gasteiger charge is -2.25. The van der Waals surface area contributed by atoms with Crippen molar-refractivity contribution in [1.29, 1.82) is 0 Å². The molecule has 0 heterocycles. The van der Waals surface area contributed by atoms with E-state index in [2.05, 4.69) is 38.3 Å². The molecule has 0 aliphatic carbocycles. The van der Waals surface area contributed by atoms with Gasteiger partial charge in [0.1, 0.15) is 0 Å². The summed E-state index contributed by atoms with van der Waals surface area (Å²) in [5, 5.41) is 0.420. The van der Waals surface area contributed by atoms with E-state index in [9.17, 15) is 0 Å². The second kappa shape index (κ2) is 7.93. The van der Waals surface area contributed by atoms with E-state index in [1.807, 2.05) is 0 Å². The Balaban J connectivity index is 3.55. The van der Waals surface area contributed by atoms with Crippen LogP contribution >= 0.6 is 12.6 Å². The minimum absolute atomic E-state index is 0.420. The van der Waals surface area contributed by atoms with Crippen molar-refractivity contribution in [3.8, 4) is 0 Å². The average molecular weight is 189 g/mol. The Hall–Kier alpha value is 0.310. The molecular formula is C10H23NS. The summed E-state index contributed by atoms with van der Waals surface area (Å²) in [5.74, 6) is 0. The number of unbranched alkanes of at least 4 members (excludes halogenated alkanes) is 2. The zero-order valence-electron chi connectivity index (χ0n) is 8.71. The second-order valence-electron chi connectivity index (χ2n) is 3.37. The lowest BCUT2D eigenvalue weighted by molar-refractivity contribution is 0.260. The van der Waals surface area contributed by atoms with Crippen LogP contribution in [0.5, 0.6) is 0 Å². The maximum absolute atomic E-state index is 4.46. The van der Waals surface area contributed by atoms with E-state index < -0.39 is 0 Å². The average Bonchev–Trinajstić information content (AvgIpc) is 2.04. The molecule has 0 fully saturated rings. The minimum Gasteiger partial charge on any atom is -0.292 e. The van der Waals surface area contributed by atoms with Crippen LogP contribution in [0.25, 0.3) is 0 Å². The van der Waals surface area contributed by atoms with Crippen LogP contribution in [0.1, 0.15) is 46.5 Å². The Bertz CT molecular complexity index is 85.8. The SMILES string of the molecule is CCCCN(CCCC)C(C)S. The van der Waals surface area contributed by atoms with Gasteiger partial charge in [-0.15, -0.1) is 0 Å². The van der Waals surface area contributed by atoms with E-state index in [-0.39, 0.29) is 0 Å². The van der Waals surface area contributed by atoms with Crippen LogP contribution in [-0.2, 0) is 0 Å². The van der Waals surface area contributed by atoms with Crippen molar-refractivity contribution < 1.29 is 0 Å². The largest absolute Gasteiger partial charge is 0.292 e. The van der Waals surface area contributed by atoms with Crippen molar-refractivity contribution >= 4 is 12.6 Å². The molecule has 0 aliphatic rings. The van der Waals surface area contributed by atoms with E-state index in [0.29, 0.717) is 5.37 Å². The summed E-state index contributed by atoms with van der Waals surface area (Å²) in [5.41, 5.74) is 0. The van der Waals surface area contributed by atoms with Crippen LogP contribution in [-0.4, -0.2) is 23.4 Å². The molecular weight excluding hydrogens is 166 g/mol. The Morgan fingerprint density at radius 3 is 1.75 bits per heavy atom. The summed E-state index contributed by atoms with van der Waals surface area (Å²) in [6, 6.07) is 0. The molecule has 0 aromatic heterocycles. The molecule has 1 unspecified atom stereocenters. The van der Waals surface area contributed by atoms with E-state index in [1.54, 1.807) is 0 Å². The Morgan fingerprint density at radius 1 is 1.08 bits per heavy atom. The molecule has 0 aliphatic heterocycles. The van der Waals surface area contributed by atoms with Crippen LogP contribution in [0, 0.1) is 0 Å². The molecule has 1 nitrogen and oxygen atoms in total. The van der Waals surface area contributed by atoms with Crippen molar-refractivity contribution in [2.75, 3.05) is 13.1 Å². The van der Waals surface area contributed by atoms with E-state index in [0.717, 1.165) is 0 Å². The van der Waals surface area contributed by atoms with Crippen LogP contribution in [0.2, 0.25) is 0 Å². The molecule has 0 N–H and O–H groups in total. The number of rotatable bonds is 7. The number of nitrogens with zero attached hydrogens (tertiary/aromatic N) is 1. The Morgan fingerprint density at radius 2 is 1.50 bits per heavy atom. The molecule has 74 valence electrons. The first-order valence-electron chi connectivity index (χ1n) is 5.14. The lowest BCUT2D eigenvalue weighted by Crippen LogP contribution is -2.31. The molecule has 0 radical (unpaired) electrons. The molecule has 0 saturated carbocycles. The van der Waals surface area contributed by atoms with E-state index >= 15 is 0 Å². The summed E-state index contributed by atoms with van der Waals surface area (Å²) in [4.78, 5) is 2.45. The molecule has 0 saturated heterocycles. The topological polar surface area (TPSA) is 3.24 Å². The van der Waals surface area contributed by atoms with Gasteiger partial charge in [-0.1, -0.05) is 26.7 Å². The first-order valence-corrected chi connectivity index (χ1v) is 5.66. The molecule has 0 amide bonds. The predicted octanol–water partition coefficient (Wildman–Crippen LogP) is 3.16. The van der Waals surface area contributed by atoms with Gasteiger partial charge in [0, 0.05) is 5.37 Å². The Labute approximate surface area is 82.9 Å². The zero-order chi connectivity index (χ0) is 9.40. The highest BCUT2D eigenvalue weighted by Crippen LogP contribution is 2.06. The molecule has 12 heavy (non-hydrogen) atoms. The second-order valence-corrected chi connectivity index (χ2v) is 4.12. The van der Waals surface area contributed by atoms with Gasteiger partial charge in [-0.2, -0.15) is 12.6 Å². The smallest absolute Gasteiger partial charge is 0.0499 e. The van der Waals surface area contributed by atoms with E-state index in [1.165, 1.54) is 38.8 Å². The molecule has 0 aromatic rings. The first-order chi connectivity index (χ1) is 5.72. The maximum atomic E-state index is 4.46. The third-order valence-corrected chi connectivity index (χ3v) is 2.45. The highest BCUT2D eigenvalue weighted by molar-refractivity contribution is 7.80. The summed E-state index contributed by atoms with van der Waals surface area (Å²) in [6.45, 7) is 9.05. The van der Waals surface area contributed by atoms with Crippen LogP contribution < -0.4 is 0 Å². The lowest BCUT2D eigenvalue weighted by atomic mass is 10.2. The van der Waals surface area contributed by atoms with Crippen molar-refractivity contribution in [3.05, 3.63) is 0 Å². The summed E-state index contributed by atoms with van der Waals surface area (Å²) in [7, 11) is 0. The highest BCUT2D eigenvalue weighted by Gasteiger charge is 2.07. The van der Waals surface area contributed by atoms with Gasteiger partial charge in [0.15, 0.2) is 0 Å². The van der Waals surface area contributed by atoms with Gasteiger partial charge < -0.3 is 0 Å². The fourth-order valence-electron chi connectivity index (χ4n) is 1.21. The van der Waals surface area contributed by atoms with Gasteiger partial charge in [-0.25, -0.2) is 0 Å². The Kier molecular flexibility index (Phi) is 8.14. The van der Waals surface area contributed by atoms with Crippen molar-refractivity contribution in [3.63, 3.8) is 0 Å². The van der Waals surface area contributed by atoms with E-state index in [4.69, 9.17) is 0 Å².